The number of nitrogens with one attached hydrogen (secondary N) is 1. The molecular formula is C75H53IN6. The number of hydrogen-bond donors (Lipinski definition) is 1. The Morgan fingerprint density at radius 1 is 0.439 bits per heavy atom. The van der Waals surface area contributed by atoms with Crippen molar-refractivity contribution in [3.63, 3.8) is 0 Å². The predicted molar refractivity (Wildman–Crippen MR) is 352 cm³/mol. The lowest BCUT2D eigenvalue weighted by Gasteiger charge is -2.27. The van der Waals surface area contributed by atoms with Crippen LogP contribution >= 0.6 is 20.7 Å². The molecule has 0 bridgehead atoms. The average molecular weight is 1170 g/mol. The highest BCUT2D eigenvalue weighted by Gasteiger charge is 2.44. The third kappa shape index (κ3) is 7.22. The number of allylic oxidation sites excluding steroid dienone is 4. The predicted octanol–water partition coefficient (Wildman–Crippen LogP) is 19.9. The smallest absolute Gasteiger partial charge is 0.187 e. The van der Waals surface area contributed by atoms with Gasteiger partial charge >= 0.3 is 0 Å². The Hall–Kier alpha value is -9.70. The minimum absolute atomic E-state index is 0.150. The minimum Gasteiger partial charge on any atom is -0.346 e. The van der Waals surface area contributed by atoms with Crippen LogP contribution in [0.1, 0.15) is 23.5 Å². The molecule has 12 aromatic rings. The molecule has 6 nitrogen and oxygen atoms in total. The van der Waals surface area contributed by atoms with E-state index in [1.807, 2.05) is 0 Å². The summed E-state index contributed by atoms with van der Waals surface area (Å²) in [6, 6.07) is 92.8. The number of hydrogen-bond acceptors (Lipinski definition) is 5. The van der Waals surface area contributed by atoms with Crippen LogP contribution in [0.15, 0.2) is 273 Å². The van der Waals surface area contributed by atoms with E-state index in [1.165, 1.54) is 119 Å². The highest BCUT2D eigenvalue weighted by Crippen LogP contribution is 2.58. The van der Waals surface area contributed by atoms with E-state index in [-0.39, 0.29) is 6.29 Å². The summed E-state index contributed by atoms with van der Waals surface area (Å²) >= 11 is -0.558. The Labute approximate surface area is 487 Å². The number of nitrogens with zero attached hydrogens (tertiary/aromatic N) is 5. The molecule has 0 spiro atoms. The Morgan fingerprint density at radius 3 is 1.79 bits per heavy atom. The molecule has 0 saturated carbocycles. The molecule has 7 heteroatoms. The monoisotopic (exact) mass is 1160 g/mol. The van der Waals surface area contributed by atoms with Crippen LogP contribution in [-0.2, 0) is 0 Å². The van der Waals surface area contributed by atoms with Crippen LogP contribution in [0.3, 0.4) is 0 Å². The second-order valence-electron chi connectivity index (χ2n) is 21.9. The summed E-state index contributed by atoms with van der Waals surface area (Å²) in [6.07, 6.45) is 9.83. The lowest BCUT2D eigenvalue weighted by molar-refractivity contribution is 0.808. The second-order valence-corrected chi connectivity index (χ2v) is 24.6. The Kier molecular flexibility index (Phi) is 10.7. The molecule has 11 aromatic carbocycles. The summed E-state index contributed by atoms with van der Waals surface area (Å²) in [7, 11) is 0. The minimum atomic E-state index is -0.558. The first kappa shape index (κ1) is 47.1. The van der Waals surface area contributed by atoms with Gasteiger partial charge in [0.25, 0.3) is 0 Å². The quantitative estimate of drug-likeness (QED) is 0.153. The maximum atomic E-state index is 4.03. The van der Waals surface area contributed by atoms with Gasteiger partial charge in [0.15, 0.2) is 10.0 Å². The number of benzene rings is 11. The van der Waals surface area contributed by atoms with E-state index in [0.717, 1.165) is 29.0 Å². The number of aromatic nitrogens is 1. The third-order valence-electron chi connectivity index (χ3n) is 17.3. The zero-order valence-corrected chi connectivity index (χ0v) is 47.1. The molecule has 17 rings (SSSR count). The molecule has 2 atom stereocenters. The molecule has 0 fully saturated rings. The zero-order valence-electron chi connectivity index (χ0n) is 45.0. The molecule has 5 aliphatic rings. The van der Waals surface area contributed by atoms with Crippen molar-refractivity contribution in [1.82, 2.24) is 4.57 Å². The summed E-state index contributed by atoms with van der Waals surface area (Å²) < 4.78 is 5.33. The summed E-state index contributed by atoms with van der Waals surface area (Å²) in [5.74, 6) is 0.319. The van der Waals surface area contributed by atoms with Crippen LogP contribution in [-0.4, -0.2) is 14.6 Å². The van der Waals surface area contributed by atoms with Crippen molar-refractivity contribution in [1.29, 1.82) is 0 Å². The van der Waals surface area contributed by atoms with Gasteiger partial charge in [0, 0.05) is 37.2 Å². The van der Waals surface area contributed by atoms with Crippen molar-refractivity contribution in [3.8, 4) is 50.2 Å². The van der Waals surface area contributed by atoms with E-state index in [1.54, 1.807) is 0 Å². The molecule has 1 N–H and O–H groups in total. The van der Waals surface area contributed by atoms with Crippen molar-refractivity contribution in [2.75, 3.05) is 24.9 Å². The first-order valence-electron chi connectivity index (χ1n) is 28.4. The van der Waals surface area contributed by atoms with Gasteiger partial charge in [-0.2, -0.15) is 0 Å². The van der Waals surface area contributed by atoms with Gasteiger partial charge in [-0.1, -0.05) is 182 Å². The van der Waals surface area contributed by atoms with Gasteiger partial charge < -0.3 is 14.8 Å². The molecule has 390 valence electrons. The first-order valence-corrected chi connectivity index (χ1v) is 30.5. The summed E-state index contributed by atoms with van der Waals surface area (Å²) in [4.78, 5) is 10.1. The highest BCUT2D eigenvalue weighted by molar-refractivity contribution is 14.2. The van der Waals surface area contributed by atoms with Crippen LogP contribution in [0.4, 0.5) is 51.2 Å². The fourth-order valence-corrected chi connectivity index (χ4v) is 16.7. The average Bonchev–Trinajstić information content (AvgIpc) is 4.50. The molecule has 5 heterocycles. The lowest BCUT2D eigenvalue weighted by Crippen LogP contribution is -2.40. The first-order chi connectivity index (χ1) is 40.6. The maximum absolute atomic E-state index is 4.03. The van der Waals surface area contributed by atoms with Crippen LogP contribution < -0.4 is 24.9 Å². The molecule has 1 aromatic heterocycles. The van der Waals surface area contributed by atoms with Crippen LogP contribution in [0.5, 0.6) is 0 Å². The second kappa shape index (κ2) is 18.7. The normalized spacial score (nSPS) is 16.1. The molecule has 82 heavy (non-hydrogen) atoms. The molecular weight excluding hydrogens is 1110 g/mol. The van der Waals surface area contributed by atoms with Gasteiger partial charge in [-0.15, -0.1) is 0 Å². The SMILES string of the molecule is Cc1c(-c2ccccc2)c(-c2ccc3c(c2)N2C(=I3)N(c3ccccc3)c3ccc(-c4ccccc4)cc32)cc(-c2ccc3c(c2)N2c4cc(C5C=CC=CC5)ccc4N(c4ccccc4)C2N3)c1-n1c2ccccc2c2ccccc21. The van der Waals surface area contributed by atoms with Gasteiger partial charge in [0.05, 0.1) is 56.5 Å². The van der Waals surface area contributed by atoms with Gasteiger partial charge in [0.1, 0.15) is 0 Å². The van der Waals surface area contributed by atoms with Crippen LogP contribution in [0.25, 0.3) is 72.0 Å². The molecule has 1 aliphatic carbocycles. The fraction of sp³-hybridized carbons (Fsp3) is 0.0533. The van der Waals surface area contributed by atoms with E-state index >= 15 is 0 Å². The fourth-order valence-electron chi connectivity index (χ4n) is 13.6. The number of halogens is 1. The Morgan fingerprint density at radius 2 is 1.06 bits per heavy atom. The highest BCUT2D eigenvalue weighted by atomic mass is 127. The van der Waals surface area contributed by atoms with E-state index < -0.39 is 20.7 Å². The molecule has 0 saturated heterocycles. The maximum Gasteiger partial charge on any atom is 0.187 e. The number of rotatable bonds is 8. The van der Waals surface area contributed by atoms with Gasteiger partial charge in [0.2, 0.25) is 0 Å². The summed E-state index contributed by atoms with van der Waals surface area (Å²) in [5.41, 5.74) is 26.4. The van der Waals surface area contributed by atoms with Crippen molar-refractivity contribution in [2.24, 2.45) is 0 Å². The Bertz CT molecular complexity index is 4630. The largest absolute Gasteiger partial charge is 0.346 e. The number of fused-ring (bicyclic) bond motifs is 13. The van der Waals surface area contributed by atoms with Gasteiger partial charge in [-0.05, 0) is 175 Å². The van der Waals surface area contributed by atoms with E-state index in [4.69, 9.17) is 0 Å². The molecule has 2 unspecified atom stereocenters. The summed E-state index contributed by atoms with van der Waals surface area (Å²) in [6.45, 7) is 2.37. The summed E-state index contributed by atoms with van der Waals surface area (Å²) in [5, 5.41) is 6.51. The van der Waals surface area contributed by atoms with E-state index in [0.29, 0.717) is 5.92 Å². The molecule has 0 amide bonds. The van der Waals surface area contributed by atoms with Crippen molar-refractivity contribution in [2.45, 2.75) is 25.6 Å². The molecule has 0 radical (unpaired) electrons. The van der Waals surface area contributed by atoms with E-state index in [2.05, 4.69) is 309 Å². The van der Waals surface area contributed by atoms with E-state index in [9.17, 15) is 0 Å². The van der Waals surface area contributed by atoms with Crippen LogP contribution in [0.2, 0.25) is 0 Å². The Balaban J connectivity index is 0.894. The standard InChI is InChI=1S/C75H53IN6/c1-48-72(51-25-11-4-12-26-51)60(54-35-39-62-68(45-54)81-70-43-52(49-21-7-2-8-22-49)37-41-66(70)78(74(81)76-62)56-27-13-5-14-28-56)47-61(73(48)80-64-33-19-17-31-58(64)59-32-18-20-34-65(59)80)55-36-40-63-69(46-55)82-71-44-53(50-23-9-3-10-24-50)38-42-67(71)79(75(82)77-63)57-29-15-6-16-30-57/h2-23,25-47,50,75,77H,24H2,1H3. The van der Waals surface area contributed by atoms with Crippen molar-refractivity contribution < 1.29 is 0 Å². The zero-order chi connectivity index (χ0) is 54.0. The topological polar surface area (TPSA) is 29.9 Å². The van der Waals surface area contributed by atoms with Crippen LogP contribution in [0, 0.1) is 10.5 Å². The number of para-hydroxylation sites is 4. The van der Waals surface area contributed by atoms with Crippen molar-refractivity contribution in [3.05, 3.63) is 288 Å². The lowest BCUT2D eigenvalue weighted by atomic mass is 9.85. The van der Waals surface area contributed by atoms with Crippen molar-refractivity contribution >= 4 is 97.5 Å². The third-order valence-corrected chi connectivity index (χ3v) is 20.3. The molecule has 4 aliphatic heterocycles. The number of anilines is 9. The van der Waals surface area contributed by atoms with Gasteiger partial charge in [-0.25, -0.2) is 0 Å². The van der Waals surface area contributed by atoms with Gasteiger partial charge in [-0.3, -0.25) is 14.7 Å².